The zero-order valence-corrected chi connectivity index (χ0v) is 10.4. The molecule has 2 heterocycles. The molecule has 6 heteroatoms. The van der Waals surface area contributed by atoms with Gasteiger partial charge >= 0.3 is 0 Å². The molecule has 0 saturated carbocycles. The Morgan fingerprint density at radius 2 is 2.18 bits per heavy atom. The Hall–Kier alpha value is -1.30. The molecular weight excluding hydrogens is 216 g/mol. The van der Waals surface area contributed by atoms with E-state index in [0.717, 1.165) is 13.1 Å². The average Bonchev–Trinajstić information content (AvgIpc) is 2.74. The molecule has 96 valence electrons. The predicted octanol–water partition coefficient (Wildman–Crippen LogP) is 0.921. The second-order valence-electron chi connectivity index (χ2n) is 4.89. The van der Waals surface area contributed by atoms with E-state index < -0.39 is 0 Å². The van der Waals surface area contributed by atoms with Gasteiger partial charge in [-0.15, -0.1) is 5.10 Å². The number of aromatic nitrogens is 3. The molecule has 1 aromatic heterocycles. The number of nitrogens with zero attached hydrogens (tertiary/aromatic N) is 3. The van der Waals surface area contributed by atoms with Crippen LogP contribution in [-0.4, -0.2) is 46.3 Å². The summed E-state index contributed by atoms with van der Waals surface area (Å²) in [5, 5.41) is 9.76. The summed E-state index contributed by atoms with van der Waals surface area (Å²) < 4.78 is 0. The maximum absolute atomic E-state index is 5.46. The van der Waals surface area contributed by atoms with Gasteiger partial charge in [-0.1, -0.05) is 13.3 Å². The molecule has 2 rings (SSSR count). The van der Waals surface area contributed by atoms with Gasteiger partial charge in [0.2, 0.25) is 11.9 Å². The van der Waals surface area contributed by atoms with Crippen LogP contribution in [0.5, 0.6) is 0 Å². The first-order valence-electron chi connectivity index (χ1n) is 6.38. The molecule has 0 spiro atoms. The molecule has 0 radical (unpaired) electrons. The van der Waals surface area contributed by atoms with Crippen LogP contribution in [0.3, 0.4) is 0 Å². The van der Waals surface area contributed by atoms with Gasteiger partial charge in [-0.3, -0.25) is 0 Å². The van der Waals surface area contributed by atoms with Crippen molar-refractivity contribution >= 4 is 11.9 Å². The van der Waals surface area contributed by atoms with Gasteiger partial charge < -0.3 is 16.0 Å². The number of nitrogens with two attached hydrogens (primary N) is 1. The lowest BCUT2D eigenvalue weighted by Gasteiger charge is -2.29. The monoisotopic (exact) mass is 238 g/mol. The van der Waals surface area contributed by atoms with Crippen molar-refractivity contribution in [3.63, 3.8) is 0 Å². The highest BCUT2D eigenvalue weighted by atomic mass is 15.3. The van der Waals surface area contributed by atoms with Gasteiger partial charge in [0.1, 0.15) is 0 Å². The summed E-state index contributed by atoms with van der Waals surface area (Å²) >= 11 is 0. The summed E-state index contributed by atoms with van der Waals surface area (Å²) in [6.07, 6.45) is 4.08. The highest BCUT2D eigenvalue weighted by Crippen LogP contribution is 2.11. The molecule has 17 heavy (non-hydrogen) atoms. The number of hydrogen-bond donors (Lipinski definition) is 3. The number of nitrogen functional groups attached to an aromatic ring is 1. The summed E-state index contributed by atoms with van der Waals surface area (Å²) in [7, 11) is 0. The Balaban J connectivity index is 1.68. The van der Waals surface area contributed by atoms with Crippen LogP contribution < -0.4 is 11.1 Å². The van der Waals surface area contributed by atoms with Crippen LogP contribution in [-0.2, 0) is 0 Å². The van der Waals surface area contributed by atoms with Crippen LogP contribution in [0.1, 0.15) is 26.2 Å². The lowest BCUT2D eigenvalue weighted by Crippen LogP contribution is -2.35. The molecule has 6 nitrogen and oxygen atoms in total. The van der Waals surface area contributed by atoms with E-state index in [0.29, 0.717) is 17.8 Å². The maximum Gasteiger partial charge on any atom is 0.243 e. The fourth-order valence-corrected chi connectivity index (χ4v) is 2.27. The third-order valence-electron chi connectivity index (χ3n) is 3.13. The molecule has 1 aliphatic rings. The van der Waals surface area contributed by atoms with E-state index in [-0.39, 0.29) is 0 Å². The topological polar surface area (TPSA) is 82.9 Å². The first-order valence-corrected chi connectivity index (χ1v) is 6.38. The molecule has 0 aliphatic carbocycles. The van der Waals surface area contributed by atoms with Gasteiger partial charge in [-0.25, -0.2) is 5.10 Å². The Labute approximate surface area is 102 Å². The van der Waals surface area contributed by atoms with Crippen molar-refractivity contribution in [2.24, 2.45) is 5.92 Å². The molecule has 1 aromatic rings. The molecule has 1 unspecified atom stereocenters. The minimum atomic E-state index is 0.358. The Kier molecular flexibility index (Phi) is 4.19. The van der Waals surface area contributed by atoms with Gasteiger partial charge in [0.15, 0.2) is 0 Å². The largest absolute Gasteiger partial charge is 0.368 e. The van der Waals surface area contributed by atoms with Crippen LogP contribution in [0.15, 0.2) is 0 Å². The van der Waals surface area contributed by atoms with E-state index in [2.05, 4.69) is 32.3 Å². The molecule has 1 fully saturated rings. The van der Waals surface area contributed by atoms with Crippen LogP contribution in [0.25, 0.3) is 0 Å². The van der Waals surface area contributed by atoms with Crippen molar-refractivity contribution in [3.05, 3.63) is 0 Å². The Morgan fingerprint density at radius 1 is 1.41 bits per heavy atom. The van der Waals surface area contributed by atoms with E-state index in [4.69, 9.17) is 5.73 Å². The van der Waals surface area contributed by atoms with Crippen molar-refractivity contribution in [3.8, 4) is 0 Å². The molecule has 0 amide bonds. The number of H-pyrrole nitrogens is 1. The highest BCUT2D eigenvalue weighted by molar-refractivity contribution is 5.29. The van der Waals surface area contributed by atoms with Gasteiger partial charge in [-0.2, -0.15) is 4.98 Å². The van der Waals surface area contributed by atoms with Crippen molar-refractivity contribution in [1.82, 2.24) is 20.1 Å². The van der Waals surface area contributed by atoms with Crippen molar-refractivity contribution in [2.75, 3.05) is 37.2 Å². The van der Waals surface area contributed by atoms with Crippen LogP contribution in [0.4, 0.5) is 11.9 Å². The second-order valence-corrected chi connectivity index (χ2v) is 4.89. The number of aromatic amines is 1. The summed E-state index contributed by atoms with van der Waals surface area (Å²) in [5.41, 5.74) is 5.46. The predicted molar refractivity (Wildman–Crippen MR) is 68.7 cm³/mol. The lowest BCUT2D eigenvalue weighted by molar-refractivity contribution is 0.204. The highest BCUT2D eigenvalue weighted by Gasteiger charge is 2.13. The minimum absolute atomic E-state index is 0.358. The minimum Gasteiger partial charge on any atom is -0.368 e. The number of anilines is 2. The van der Waals surface area contributed by atoms with Crippen molar-refractivity contribution < 1.29 is 0 Å². The van der Waals surface area contributed by atoms with Gasteiger partial charge in [-0.05, 0) is 31.8 Å². The number of piperidine rings is 1. The van der Waals surface area contributed by atoms with E-state index in [1.54, 1.807) is 0 Å². The summed E-state index contributed by atoms with van der Waals surface area (Å²) in [4.78, 5) is 6.56. The first-order chi connectivity index (χ1) is 8.24. The van der Waals surface area contributed by atoms with E-state index in [1.807, 2.05) is 0 Å². The zero-order valence-electron chi connectivity index (χ0n) is 10.4. The van der Waals surface area contributed by atoms with E-state index in [1.165, 1.54) is 32.4 Å². The third-order valence-corrected chi connectivity index (χ3v) is 3.13. The lowest BCUT2D eigenvalue weighted by atomic mass is 10.1. The Morgan fingerprint density at radius 3 is 2.82 bits per heavy atom. The molecule has 0 bridgehead atoms. The van der Waals surface area contributed by atoms with Crippen molar-refractivity contribution in [2.45, 2.75) is 26.2 Å². The number of hydrogen-bond acceptors (Lipinski definition) is 5. The van der Waals surface area contributed by atoms with Crippen LogP contribution >= 0.6 is 0 Å². The SMILES string of the molecule is CC(CNc1n[nH]c(N)n1)CN1CCCCC1. The number of nitrogens with one attached hydrogen (secondary N) is 2. The second kappa shape index (κ2) is 5.86. The average molecular weight is 238 g/mol. The third kappa shape index (κ3) is 3.89. The smallest absolute Gasteiger partial charge is 0.243 e. The van der Waals surface area contributed by atoms with Crippen molar-refractivity contribution in [1.29, 1.82) is 0 Å². The van der Waals surface area contributed by atoms with Crippen LogP contribution in [0, 0.1) is 5.92 Å². The van der Waals surface area contributed by atoms with Gasteiger partial charge in [0.25, 0.3) is 0 Å². The van der Waals surface area contributed by atoms with Gasteiger partial charge in [0.05, 0.1) is 0 Å². The van der Waals surface area contributed by atoms with E-state index in [9.17, 15) is 0 Å². The van der Waals surface area contributed by atoms with E-state index >= 15 is 0 Å². The number of rotatable bonds is 5. The summed E-state index contributed by atoms with van der Waals surface area (Å²) in [5.74, 6) is 1.54. The molecule has 0 aromatic carbocycles. The molecule has 4 N–H and O–H groups in total. The fourth-order valence-electron chi connectivity index (χ4n) is 2.27. The summed E-state index contributed by atoms with van der Waals surface area (Å²) in [6, 6.07) is 0. The number of likely N-dealkylation sites (tertiary alicyclic amines) is 1. The quantitative estimate of drug-likeness (QED) is 0.710. The summed E-state index contributed by atoms with van der Waals surface area (Å²) in [6.45, 7) is 6.77. The Bertz CT molecular complexity index is 330. The normalized spacial score (nSPS) is 19.1. The fraction of sp³-hybridized carbons (Fsp3) is 0.818. The van der Waals surface area contributed by atoms with Gasteiger partial charge in [0, 0.05) is 13.1 Å². The molecule has 1 aliphatic heterocycles. The molecule has 1 saturated heterocycles. The first kappa shape index (κ1) is 12.2. The molecular formula is C11H22N6. The molecule has 1 atom stereocenters. The maximum atomic E-state index is 5.46. The zero-order chi connectivity index (χ0) is 12.1. The van der Waals surface area contributed by atoms with Crippen LogP contribution in [0.2, 0.25) is 0 Å². The standard InChI is InChI=1S/C11H22N6/c1-9(8-17-5-3-2-4-6-17)7-13-11-14-10(12)15-16-11/h9H,2-8H2,1H3,(H4,12,13,14,15,16).